The normalized spacial score (nSPS) is 18.3. The van der Waals surface area contributed by atoms with Crippen LogP contribution in [-0.4, -0.2) is 46.0 Å². The molecule has 1 N–H and O–H groups in total. The Kier molecular flexibility index (Phi) is 4.34. The first kappa shape index (κ1) is 18.8. The van der Waals surface area contributed by atoms with Crippen LogP contribution in [0.1, 0.15) is 12.8 Å². The van der Waals surface area contributed by atoms with E-state index in [1.165, 1.54) is 12.1 Å². The quantitative estimate of drug-likeness (QED) is 0.719. The highest BCUT2D eigenvalue weighted by molar-refractivity contribution is 8.45. The first-order valence-corrected chi connectivity index (χ1v) is 9.98. The van der Waals surface area contributed by atoms with Gasteiger partial charge in [-0.1, -0.05) is 49.8 Å². The Labute approximate surface area is 147 Å². The molecule has 0 aliphatic carbocycles. The molecule has 11 heteroatoms. The second-order valence-corrected chi connectivity index (χ2v) is 8.38. The van der Waals surface area contributed by atoms with Crippen LogP contribution >= 0.6 is 10.2 Å². The molecular weight excluding hydrogens is 377 g/mol. The molecule has 1 aromatic carbocycles. The van der Waals surface area contributed by atoms with Crippen molar-refractivity contribution in [2.45, 2.75) is 18.0 Å². The van der Waals surface area contributed by atoms with Gasteiger partial charge >= 0.3 is 10.2 Å². The molecule has 0 saturated carbocycles. The minimum atomic E-state index is -10.0. The van der Waals surface area contributed by atoms with Crippen LogP contribution in [0.5, 0.6) is 0 Å². The molecule has 2 aromatic rings. The summed E-state index contributed by atoms with van der Waals surface area (Å²) in [5.74, 6) is -0.964. The Hall–Kier alpha value is -2.01. The van der Waals surface area contributed by atoms with Gasteiger partial charge in [0.2, 0.25) is 5.95 Å². The molecule has 0 radical (unpaired) electrons. The fourth-order valence-electron chi connectivity index (χ4n) is 2.66. The van der Waals surface area contributed by atoms with Gasteiger partial charge in [0.1, 0.15) is 0 Å². The first-order chi connectivity index (χ1) is 12.0. The fraction of sp³-hybridized carbons (Fsp3) is 0.400. The molecule has 1 aliphatic rings. The van der Waals surface area contributed by atoms with Gasteiger partial charge in [-0.2, -0.15) is 15.0 Å². The van der Waals surface area contributed by atoms with E-state index >= 15 is 0 Å². The zero-order valence-electron chi connectivity index (χ0n) is 13.7. The van der Waals surface area contributed by atoms with E-state index in [0.717, 1.165) is 25.9 Å². The van der Waals surface area contributed by atoms with Crippen LogP contribution in [0.4, 0.5) is 25.4 Å². The average Bonchev–Trinajstić information content (AvgIpc) is 3.07. The molecule has 1 saturated heterocycles. The van der Waals surface area contributed by atoms with Gasteiger partial charge in [-0.15, -0.1) is 0 Å². The first-order valence-electron chi connectivity index (χ1n) is 8.03. The molecule has 1 fully saturated rings. The third-order valence-electron chi connectivity index (χ3n) is 3.90. The van der Waals surface area contributed by atoms with Crippen LogP contribution in [0.3, 0.4) is 0 Å². The van der Waals surface area contributed by atoms with Crippen LogP contribution in [0.15, 0.2) is 35.5 Å². The second kappa shape index (κ2) is 6.02. The van der Waals surface area contributed by atoms with Crippen LogP contribution in [0.2, 0.25) is 0 Å². The number of likely N-dealkylation sites (tertiary alicyclic amines) is 1. The summed E-state index contributed by atoms with van der Waals surface area (Å²) in [7, 11) is -10.0. The molecule has 0 unspecified atom stereocenters. The lowest BCUT2D eigenvalue weighted by molar-refractivity contribution is 0.349. The molecule has 26 heavy (non-hydrogen) atoms. The molecule has 0 spiro atoms. The maximum Gasteiger partial charge on any atom is 0.343 e. The van der Waals surface area contributed by atoms with E-state index in [4.69, 9.17) is 0 Å². The van der Waals surface area contributed by atoms with Crippen molar-refractivity contribution in [1.29, 1.82) is 0 Å². The van der Waals surface area contributed by atoms with E-state index in [1.807, 2.05) is 0 Å². The highest BCUT2D eigenvalue weighted by Gasteiger charge is 2.69. The minimum Gasteiger partial charge on any atom is -0.353 e. The summed E-state index contributed by atoms with van der Waals surface area (Å²) in [6, 6.07) is 7.64. The van der Waals surface area contributed by atoms with Gasteiger partial charge in [0, 0.05) is 18.7 Å². The number of anilines is 1. The Bertz CT molecular complexity index is 779. The summed E-state index contributed by atoms with van der Waals surface area (Å²) < 4.78 is 66.0. The number of nitrogens with one attached hydrogen (secondary N) is 1. The van der Waals surface area contributed by atoms with Gasteiger partial charge in [-0.25, -0.2) is 0 Å². The molecule has 0 atom stereocenters. The lowest BCUT2D eigenvalue weighted by Gasteiger charge is -2.37. The van der Waals surface area contributed by atoms with Gasteiger partial charge in [0.05, 0.1) is 0 Å². The van der Waals surface area contributed by atoms with Gasteiger partial charge in [-0.3, -0.25) is 0 Å². The van der Waals surface area contributed by atoms with Gasteiger partial charge < -0.3 is 10.2 Å². The van der Waals surface area contributed by atoms with Crippen molar-refractivity contribution in [2.24, 2.45) is 0 Å². The summed E-state index contributed by atoms with van der Waals surface area (Å²) in [4.78, 5) is 12.0. The van der Waals surface area contributed by atoms with Crippen LogP contribution in [0.25, 0.3) is 11.4 Å². The van der Waals surface area contributed by atoms with E-state index in [9.17, 15) is 19.4 Å². The molecule has 1 aliphatic heterocycles. The Morgan fingerprint density at radius 1 is 0.923 bits per heavy atom. The smallest absolute Gasteiger partial charge is 0.343 e. The van der Waals surface area contributed by atoms with E-state index in [0.29, 0.717) is 6.54 Å². The Balaban J connectivity index is 1.90. The van der Waals surface area contributed by atoms with E-state index < -0.39 is 27.2 Å². The summed E-state index contributed by atoms with van der Waals surface area (Å²) >= 11 is 0. The zero-order valence-corrected chi connectivity index (χ0v) is 14.5. The van der Waals surface area contributed by atoms with Crippen molar-refractivity contribution in [3.63, 3.8) is 0 Å². The van der Waals surface area contributed by atoms with E-state index in [2.05, 4.69) is 25.2 Å². The predicted octanol–water partition coefficient (Wildman–Crippen LogP) is 4.70. The van der Waals surface area contributed by atoms with Crippen molar-refractivity contribution >= 4 is 16.2 Å². The van der Waals surface area contributed by atoms with Crippen molar-refractivity contribution < 1.29 is 19.4 Å². The van der Waals surface area contributed by atoms with Crippen molar-refractivity contribution in [2.75, 3.05) is 31.5 Å². The predicted molar refractivity (Wildman–Crippen MR) is 90.8 cm³/mol. The molecule has 144 valence electrons. The number of halogens is 5. The molecule has 5 nitrogen and oxygen atoms in total. The molecular formula is C15H18F5N5S. The summed E-state index contributed by atoms with van der Waals surface area (Å²) in [6.45, 7) is 2.63. The van der Waals surface area contributed by atoms with E-state index in [-0.39, 0.29) is 12.1 Å². The maximum absolute atomic E-state index is 13.2. The molecule has 2 heterocycles. The SMILES string of the molecule is FS(F)(F)(F)(F)c1nc(NCCN2CCCC2)nc(-c2ccccc2)n1. The highest BCUT2D eigenvalue weighted by atomic mass is 32.5. The van der Waals surface area contributed by atoms with Crippen molar-refractivity contribution in [3.8, 4) is 11.4 Å². The molecule has 0 bridgehead atoms. The topological polar surface area (TPSA) is 53.9 Å². The molecule has 1 aromatic heterocycles. The maximum atomic E-state index is 13.2. The van der Waals surface area contributed by atoms with Crippen LogP contribution in [-0.2, 0) is 0 Å². The summed E-state index contributed by atoms with van der Waals surface area (Å²) in [5.41, 5.74) is 0.195. The van der Waals surface area contributed by atoms with Crippen molar-refractivity contribution in [1.82, 2.24) is 19.9 Å². The zero-order chi connectivity index (χ0) is 18.9. The Morgan fingerprint density at radius 2 is 1.58 bits per heavy atom. The summed E-state index contributed by atoms with van der Waals surface area (Å²) in [5, 5.41) is 0.182. The number of hydrogen-bond acceptors (Lipinski definition) is 5. The third kappa shape index (κ3) is 4.79. The lowest BCUT2D eigenvalue weighted by Crippen LogP contribution is -2.26. The third-order valence-corrected chi connectivity index (χ3v) is 4.77. The number of rotatable bonds is 6. The number of benzene rings is 1. The number of nitrogens with zero attached hydrogens (tertiary/aromatic N) is 4. The van der Waals surface area contributed by atoms with Gasteiger partial charge in [0.15, 0.2) is 5.82 Å². The number of aromatic nitrogens is 3. The monoisotopic (exact) mass is 395 g/mol. The molecule has 0 amide bonds. The standard InChI is InChI=1S/C15H18F5N5S/c16-26(17,18,19,20)15-23-13(12-6-2-1-3-7-12)22-14(24-15)21-8-11-25-9-4-5-10-25/h1-3,6-7H,4-5,8-11H2,(H,21,22,23,24). The van der Waals surface area contributed by atoms with E-state index in [1.54, 1.807) is 18.2 Å². The van der Waals surface area contributed by atoms with Crippen LogP contribution < -0.4 is 5.32 Å². The largest absolute Gasteiger partial charge is 0.353 e. The summed E-state index contributed by atoms with van der Waals surface area (Å²) in [6.07, 6.45) is 2.14. The average molecular weight is 395 g/mol. The molecule has 3 rings (SSSR count). The van der Waals surface area contributed by atoms with Crippen LogP contribution in [0, 0.1) is 0 Å². The lowest BCUT2D eigenvalue weighted by atomic mass is 10.2. The van der Waals surface area contributed by atoms with Gasteiger partial charge in [-0.05, 0) is 25.9 Å². The Morgan fingerprint density at radius 3 is 2.19 bits per heavy atom. The minimum absolute atomic E-state index is 0.195. The number of hydrogen-bond donors (Lipinski definition) is 1. The van der Waals surface area contributed by atoms with Crippen molar-refractivity contribution in [3.05, 3.63) is 30.3 Å². The highest BCUT2D eigenvalue weighted by Crippen LogP contribution is 3.01. The fourth-order valence-corrected chi connectivity index (χ4v) is 3.17. The van der Waals surface area contributed by atoms with Gasteiger partial charge in [0.25, 0.3) is 5.16 Å². The second-order valence-electron chi connectivity index (χ2n) is 6.08.